The van der Waals surface area contributed by atoms with Crippen LogP contribution in [-0.4, -0.2) is 14.5 Å². The van der Waals surface area contributed by atoms with E-state index in [4.69, 9.17) is 5.26 Å². The summed E-state index contributed by atoms with van der Waals surface area (Å²) in [6.07, 6.45) is 1.74. The number of imidazole rings is 1. The lowest BCUT2D eigenvalue weighted by atomic mass is 10.1. The monoisotopic (exact) mass is 248 g/mol. The molecule has 3 rings (SSSR count). The van der Waals surface area contributed by atoms with Gasteiger partial charge in [0.1, 0.15) is 23.9 Å². The Balaban J connectivity index is 2.25. The van der Waals surface area contributed by atoms with Crippen molar-refractivity contribution in [3.63, 3.8) is 0 Å². The van der Waals surface area contributed by atoms with Crippen molar-refractivity contribution in [1.82, 2.24) is 14.5 Å². The number of fused-ring (bicyclic) bond motifs is 1. The van der Waals surface area contributed by atoms with Crippen LogP contribution in [0.25, 0.3) is 16.9 Å². The largest absolute Gasteiger partial charge is 0.283 e. The van der Waals surface area contributed by atoms with Crippen LogP contribution in [0.5, 0.6) is 0 Å². The fraction of sp³-hybridized carbons (Fsp3) is 0.133. The summed E-state index contributed by atoms with van der Waals surface area (Å²) in [4.78, 5) is 8.69. The summed E-state index contributed by atoms with van der Waals surface area (Å²) >= 11 is 0. The highest BCUT2D eigenvalue weighted by Gasteiger charge is 2.07. The smallest absolute Gasteiger partial charge is 0.142 e. The van der Waals surface area contributed by atoms with Gasteiger partial charge in [-0.15, -0.1) is 0 Å². The first-order valence-corrected chi connectivity index (χ1v) is 6.01. The van der Waals surface area contributed by atoms with Crippen LogP contribution in [0.2, 0.25) is 0 Å². The number of benzene rings is 1. The van der Waals surface area contributed by atoms with Crippen LogP contribution >= 0.6 is 0 Å². The van der Waals surface area contributed by atoms with Gasteiger partial charge in [-0.1, -0.05) is 6.07 Å². The molecule has 0 saturated carbocycles. The average molecular weight is 248 g/mol. The Kier molecular flexibility index (Phi) is 2.53. The zero-order valence-electron chi connectivity index (χ0n) is 10.8. The van der Waals surface area contributed by atoms with E-state index in [1.165, 1.54) is 11.1 Å². The second kappa shape index (κ2) is 4.21. The first-order valence-electron chi connectivity index (χ1n) is 6.01. The van der Waals surface area contributed by atoms with Crippen LogP contribution in [0.15, 0.2) is 36.7 Å². The van der Waals surface area contributed by atoms with Gasteiger partial charge in [-0.25, -0.2) is 9.97 Å². The van der Waals surface area contributed by atoms with Gasteiger partial charge in [-0.3, -0.25) is 4.57 Å². The zero-order chi connectivity index (χ0) is 13.4. The van der Waals surface area contributed by atoms with E-state index in [9.17, 15) is 0 Å². The molecule has 0 radical (unpaired) electrons. The summed E-state index contributed by atoms with van der Waals surface area (Å²) in [7, 11) is 0. The molecule has 0 aliphatic rings. The van der Waals surface area contributed by atoms with E-state index in [0.29, 0.717) is 11.5 Å². The van der Waals surface area contributed by atoms with Gasteiger partial charge in [-0.05, 0) is 49.2 Å². The molecule has 0 spiro atoms. The van der Waals surface area contributed by atoms with Gasteiger partial charge in [0, 0.05) is 0 Å². The zero-order valence-corrected chi connectivity index (χ0v) is 10.8. The maximum atomic E-state index is 8.92. The predicted molar refractivity (Wildman–Crippen MR) is 73.1 cm³/mol. The van der Waals surface area contributed by atoms with Crippen molar-refractivity contribution in [3.8, 4) is 11.9 Å². The lowest BCUT2D eigenvalue weighted by Gasteiger charge is -2.05. The average Bonchev–Trinajstić information content (AvgIpc) is 2.82. The van der Waals surface area contributed by atoms with Crippen molar-refractivity contribution in [1.29, 1.82) is 5.26 Å². The summed E-state index contributed by atoms with van der Waals surface area (Å²) in [5, 5.41) is 8.92. The third-order valence-corrected chi connectivity index (χ3v) is 3.26. The van der Waals surface area contributed by atoms with Crippen molar-refractivity contribution < 1.29 is 0 Å². The van der Waals surface area contributed by atoms with Gasteiger partial charge in [-0.2, -0.15) is 5.26 Å². The Hall–Kier alpha value is -2.67. The van der Waals surface area contributed by atoms with Crippen molar-refractivity contribution in [2.24, 2.45) is 0 Å². The van der Waals surface area contributed by atoms with Gasteiger partial charge < -0.3 is 0 Å². The van der Waals surface area contributed by atoms with E-state index < -0.39 is 0 Å². The summed E-state index contributed by atoms with van der Waals surface area (Å²) in [6.45, 7) is 4.15. The van der Waals surface area contributed by atoms with E-state index in [1.54, 1.807) is 12.4 Å². The minimum atomic E-state index is 0.406. The lowest BCUT2D eigenvalue weighted by molar-refractivity contribution is 1.01. The molecule has 0 bridgehead atoms. The van der Waals surface area contributed by atoms with Gasteiger partial charge in [0.15, 0.2) is 0 Å². The second-order valence-electron chi connectivity index (χ2n) is 4.53. The highest BCUT2D eigenvalue weighted by molar-refractivity contribution is 5.78. The third kappa shape index (κ3) is 1.85. The number of rotatable bonds is 1. The maximum Gasteiger partial charge on any atom is 0.142 e. The molecule has 3 aromatic rings. The van der Waals surface area contributed by atoms with Crippen molar-refractivity contribution >= 4 is 11.0 Å². The quantitative estimate of drug-likeness (QED) is 0.665. The molecular formula is C15H12N4. The van der Waals surface area contributed by atoms with Crippen LogP contribution in [0.3, 0.4) is 0 Å². The van der Waals surface area contributed by atoms with Gasteiger partial charge in [0.2, 0.25) is 0 Å². The van der Waals surface area contributed by atoms with Crippen LogP contribution in [0, 0.1) is 25.2 Å². The van der Waals surface area contributed by atoms with Gasteiger partial charge in [0.25, 0.3) is 0 Å². The maximum absolute atomic E-state index is 8.92. The second-order valence-corrected chi connectivity index (χ2v) is 4.53. The summed E-state index contributed by atoms with van der Waals surface area (Å²) < 4.78 is 1.91. The van der Waals surface area contributed by atoms with Crippen LogP contribution in [-0.2, 0) is 0 Å². The molecule has 4 nitrogen and oxygen atoms in total. The Morgan fingerprint density at radius 1 is 1.16 bits per heavy atom. The first-order chi connectivity index (χ1) is 9.19. The van der Waals surface area contributed by atoms with Crippen molar-refractivity contribution in [2.45, 2.75) is 13.8 Å². The minimum Gasteiger partial charge on any atom is -0.283 e. The molecule has 0 N–H and O–H groups in total. The van der Waals surface area contributed by atoms with E-state index in [1.807, 2.05) is 16.7 Å². The summed E-state index contributed by atoms with van der Waals surface area (Å²) in [6, 6.07) is 11.6. The van der Waals surface area contributed by atoms with Crippen molar-refractivity contribution in [3.05, 3.63) is 53.5 Å². The Morgan fingerprint density at radius 3 is 2.74 bits per heavy atom. The Morgan fingerprint density at radius 2 is 1.95 bits per heavy atom. The molecule has 0 aliphatic carbocycles. The van der Waals surface area contributed by atoms with Gasteiger partial charge in [0.05, 0.1) is 11.0 Å². The third-order valence-electron chi connectivity index (χ3n) is 3.26. The molecule has 0 saturated heterocycles. The molecule has 1 aromatic carbocycles. The molecule has 92 valence electrons. The Labute approximate surface area is 111 Å². The fourth-order valence-electron chi connectivity index (χ4n) is 2.07. The summed E-state index contributed by atoms with van der Waals surface area (Å²) in [5.74, 6) is 0.713. The lowest BCUT2D eigenvalue weighted by Crippen LogP contribution is -1.97. The molecule has 0 fully saturated rings. The number of hydrogen-bond donors (Lipinski definition) is 0. The van der Waals surface area contributed by atoms with Crippen molar-refractivity contribution in [2.75, 3.05) is 0 Å². The molecule has 4 heteroatoms. The minimum absolute atomic E-state index is 0.406. The van der Waals surface area contributed by atoms with Crippen LogP contribution in [0.4, 0.5) is 0 Å². The van der Waals surface area contributed by atoms with E-state index >= 15 is 0 Å². The number of nitrogens with zero attached hydrogens (tertiary/aromatic N) is 4. The number of aryl methyl sites for hydroxylation is 2. The molecule has 2 heterocycles. The molecule has 19 heavy (non-hydrogen) atoms. The van der Waals surface area contributed by atoms with Crippen LogP contribution in [0.1, 0.15) is 16.8 Å². The van der Waals surface area contributed by atoms with E-state index in [0.717, 1.165) is 11.0 Å². The standard InChI is InChI=1S/C15H12N4/c1-10-6-13-14(7-11(10)2)19(9-17-13)15-5-3-4-12(8-16)18-15/h3-7,9H,1-2H3. The predicted octanol–water partition coefficient (Wildman–Crippen LogP) is 2.91. The topological polar surface area (TPSA) is 54.5 Å². The number of pyridine rings is 1. The van der Waals surface area contributed by atoms with Crippen LogP contribution < -0.4 is 0 Å². The van der Waals surface area contributed by atoms with E-state index in [2.05, 4.69) is 42.0 Å². The molecular weight excluding hydrogens is 236 g/mol. The van der Waals surface area contributed by atoms with E-state index in [-0.39, 0.29) is 0 Å². The number of hydrogen-bond acceptors (Lipinski definition) is 3. The molecule has 0 amide bonds. The fourth-order valence-corrected chi connectivity index (χ4v) is 2.07. The highest BCUT2D eigenvalue weighted by atomic mass is 15.1. The molecule has 2 aromatic heterocycles. The first kappa shape index (κ1) is 11.4. The highest BCUT2D eigenvalue weighted by Crippen LogP contribution is 2.21. The SMILES string of the molecule is Cc1cc2ncn(-c3cccc(C#N)n3)c2cc1C. The number of aromatic nitrogens is 3. The molecule has 0 atom stereocenters. The van der Waals surface area contributed by atoms with Gasteiger partial charge >= 0.3 is 0 Å². The normalized spacial score (nSPS) is 10.6. The number of nitriles is 1. The molecule has 0 aliphatic heterocycles. The Bertz CT molecular complexity index is 809. The summed E-state index contributed by atoms with van der Waals surface area (Å²) in [5.41, 5.74) is 4.78. The molecule has 0 unspecified atom stereocenters.